The quantitative estimate of drug-likeness (QED) is 0.735. The van der Waals surface area contributed by atoms with Gasteiger partial charge in [0.05, 0.1) is 5.01 Å². The highest BCUT2D eigenvalue weighted by Crippen LogP contribution is 2.23. The summed E-state index contributed by atoms with van der Waals surface area (Å²) in [5.41, 5.74) is 0. The minimum Gasteiger partial charge on any atom is -0.303 e. The van der Waals surface area contributed by atoms with Crippen LogP contribution in [0.1, 0.15) is 29.7 Å². The number of likely N-dealkylation sites (N-methyl/N-ethyl adjacent to an activating group) is 1. The van der Waals surface area contributed by atoms with E-state index in [1.54, 1.807) is 11.3 Å². The summed E-state index contributed by atoms with van der Waals surface area (Å²) in [4.78, 5) is 18.4. The fraction of sp³-hybridized carbons (Fsp3) is 0.667. The van der Waals surface area contributed by atoms with Crippen molar-refractivity contribution in [3.05, 3.63) is 16.1 Å². The monoisotopic (exact) mass is 238 g/mol. The molecule has 3 nitrogen and oxygen atoms in total. The molecule has 0 aromatic carbocycles. The molecule has 1 aromatic rings. The van der Waals surface area contributed by atoms with Crippen LogP contribution in [0.25, 0.3) is 0 Å². The number of likely N-dealkylation sites (tertiary alicyclic amines) is 1. The third-order valence-corrected chi connectivity index (χ3v) is 4.24. The number of carbonyl (C=O) groups is 1. The zero-order valence-electron chi connectivity index (χ0n) is 9.69. The smallest absolute Gasteiger partial charge is 0.125 e. The number of aldehydes is 1. The van der Waals surface area contributed by atoms with Crippen LogP contribution in [0.15, 0.2) is 6.20 Å². The number of aromatic nitrogens is 1. The molecule has 16 heavy (non-hydrogen) atoms. The molecule has 2 rings (SSSR count). The van der Waals surface area contributed by atoms with Crippen LogP contribution in [0.4, 0.5) is 0 Å². The first-order valence-corrected chi connectivity index (χ1v) is 6.76. The van der Waals surface area contributed by atoms with Crippen LogP contribution in [0.2, 0.25) is 0 Å². The largest absolute Gasteiger partial charge is 0.303 e. The highest BCUT2D eigenvalue weighted by atomic mass is 32.1. The van der Waals surface area contributed by atoms with Crippen molar-refractivity contribution in [1.82, 2.24) is 9.88 Å². The Labute approximate surface area is 100 Å². The van der Waals surface area contributed by atoms with Crippen molar-refractivity contribution in [1.29, 1.82) is 0 Å². The molecule has 1 aliphatic heterocycles. The van der Waals surface area contributed by atoms with E-state index in [1.807, 2.05) is 6.20 Å². The molecule has 1 saturated heterocycles. The predicted molar refractivity (Wildman–Crippen MR) is 65.9 cm³/mol. The SMILES string of the molecule is CCN1CCCC1Cc1ncc(CC=O)s1. The van der Waals surface area contributed by atoms with E-state index in [0.29, 0.717) is 12.5 Å². The van der Waals surface area contributed by atoms with Gasteiger partial charge >= 0.3 is 0 Å². The summed E-state index contributed by atoms with van der Waals surface area (Å²) in [5.74, 6) is 0. The van der Waals surface area contributed by atoms with E-state index >= 15 is 0 Å². The van der Waals surface area contributed by atoms with E-state index in [1.165, 1.54) is 24.4 Å². The first kappa shape index (κ1) is 11.7. The molecule has 0 N–H and O–H groups in total. The normalized spacial score (nSPS) is 21.4. The van der Waals surface area contributed by atoms with E-state index in [0.717, 1.165) is 24.1 Å². The molecule has 0 amide bonds. The fourth-order valence-electron chi connectivity index (χ4n) is 2.36. The van der Waals surface area contributed by atoms with Gasteiger partial charge in [-0.2, -0.15) is 0 Å². The Bertz CT molecular complexity index is 351. The topological polar surface area (TPSA) is 33.2 Å². The molecule has 1 fully saturated rings. The second-order valence-corrected chi connectivity index (χ2v) is 5.42. The first-order chi connectivity index (χ1) is 7.83. The maximum Gasteiger partial charge on any atom is 0.125 e. The van der Waals surface area contributed by atoms with Gasteiger partial charge in [-0.25, -0.2) is 4.98 Å². The Morgan fingerprint density at radius 3 is 3.31 bits per heavy atom. The molecule has 1 aliphatic rings. The van der Waals surface area contributed by atoms with E-state index in [-0.39, 0.29) is 0 Å². The van der Waals surface area contributed by atoms with Gasteiger partial charge in [0.2, 0.25) is 0 Å². The first-order valence-electron chi connectivity index (χ1n) is 5.94. The average molecular weight is 238 g/mol. The molecule has 0 aliphatic carbocycles. The molecule has 1 unspecified atom stereocenters. The lowest BCUT2D eigenvalue weighted by Crippen LogP contribution is -2.30. The third kappa shape index (κ3) is 2.68. The lowest BCUT2D eigenvalue weighted by Gasteiger charge is -2.21. The van der Waals surface area contributed by atoms with Crippen molar-refractivity contribution in [3.63, 3.8) is 0 Å². The summed E-state index contributed by atoms with van der Waals surface area (Å²) in [6, 6.07) is 0.667. The highest BCUT2D eigenvalue weighted by Gasteiger charge is 2.23. The Kier molecular flexibility index (Phi) is 4.07. The highest BCUT2D eigenvalue weighted by molar-refractivity contribution is 7.11. The van der Waals surface area contributed by atoms with Gasteiger partial charge < -0.3 is 9.69 Å². The molecule has 4 heteroatoms. The molecule has 1 aromatic heterocycles. The second kappa shape index (κ2) is 5.55. The summed E-state index contributed by atoms with van der Waals surface area (Å²) >= 11 is 1.69. The number of hydrogen-bond donors (Lipinski definition) is 0. The van der Waals surface area contributed by atoms with Gasteiger partial charge in [-0.05, 0) is 25.9 Å². The molecule has 0 saturated carbocycles. The zero-order valence-corrected chi connectivity index (χ0v) is 10.5. The Morgan fingerprint density at radius 2 is 2.56 bits per heavy atom. The third-order valence-electron chi connectivity index (χ3n) is 3.20. The predicted octanol–water partition coefficient (Wildman–Crippen LogP) is 1.91. The summed E-state index contributed by atoms with van der Waals surface area (Å²) in [5, 5.41) is 1.18. The minimum absolute atomic E-state index is 0.514. The number of nitrogens with zero attached hydrogens (tertiary/aromatic N) is 2. The van der Waals surface area contributed by atoms with Crippen molar-refractivity contribution in [2.24, 2.45) is 0 Å². The zero-order chi connectivity index (χ0) is 11.4. The Balaban J connectivity index is 1.94. The second-order valence-electron chi connectivity index (χ2n) is 4.22. The van der Waals surface area contributed by atoms with Crippen LogP contribution in [-0.2, 0) is 17.6 Å². The van der Waals surface area contributed by atoms with Gasteiger partial charge in [0.1, 0.15) is 6.29 Å². The summed E-state index contributed by atoms with van der Waals surface area (Å²) in [7, 11) is 0. The van der Waals surface area contributed by atoms with E-state index in [4.69, 9.17) is 0 Å². The average Bonchev–Trinajstić information content (AvgIpc) is 2.89. The van der Waals surface area contributed by atoms with Crippen molar-refractivity contribution in [2.45, 2.75) is 38.6 Å². The standard InChI is InChI=1S/C12H18N2OS/c1-2-14-6-3-4-10(14)8-12-13-9-11(16-12)5-7-15/h7,9-10H,2-6,8H2,1H3. The lowest BCUT2D eigenvalue weighted by molar-refractivity contribution is -0.107. The molecular formula is C12H18N2OS. The van der Waals surface area contributed by atoms with Gasteiger partial charge in [0, 0.05) is 30.0 Å². The van der Waals surface area contributed by atoms with Gasteiger partial charge in [-0.15, -0.1) is 11.3 Å². The number of carbonyl (C=O) groups excluding carboxylic acids is 1. The summed E-state index contributed by atoms with van der Waals surface area (Å²) < 4.78 is 0. The van der Waals surface area contributed by atoms with E-state index in [9.17, 15) is 4.79 Å². The van der Waals surface area contributed by atoms with Crippen molar-refractivity contribution in [3.8, 4) is 0 Å². The van der Waals surface area contributed by atoms with Crippen LogP contribution in [-0.4, -0.2) is 35.3 Å². The number of thiazole rings is 1. The van der Waals surface area contributed by atoms with Gasteiger partial charge in [-0.3, -0.25) is 0 Å². The van der Waals surface area contributed by atoms with Crippen molar-refractivity contribution < 1.29 is 4.79 Å². The van der Waals surface area contributed by atoms with Crippen LogP contribution < -0.4 is 0 Å². The van der Waals surface area contributed by atoms with Crippen molar-refractivity contribution >= 4 is 17.6 Å². The van der Waals surface area contributed by atoms with Crippen molar-refractivity contribution in [2.75, 3.05) is 13.1 Å². The molecule has 0 radical (unpaired) electrons. The maximum atomic E-state index is 10.4. The van der Waals surface area contributed by atoms with Crippen LogP contribution in [0.5, 0.6) is 0 Å². The molecule has 0 bridgehead atoms. The van der Waals surface area contributed by atoms with E-state index in [2.05, 4.69) is 16.8 Å². The van der Waals surface area contributed by atoms with E-state index < -0.39 is 0 Å². The minimum atomic E-state index is 0.514. The van der Waals surface area contributed by atoms with Crippen LogP contribution in [0.3, 0.4) is 0 Å². The molecular weight excluding hydrogens is 220 g/mol. The summed E-state index contributed by atoms with van der Waals surface area (Å²) in [6.07, 6.45) is 6.96. The summed E-state index contributed by atoms with van der Waals surface area (Å²) in [6.45, 7) is 4.59. The Hall–Kier alpha value is -0.740. The fourth-order valence-corrected chi connectivity index (χ4v) is 3.30. The molecule has 2 heterocycles. The van der Waals surface area contributed by atoms with Gasteiger partial charge in [0.15, 0.2) is 0 Å². The van der Waals surface area contributed by atoms with Crippen LogP contribution >= 0.6 is 11.3 Å². The maximum absolute atomic E-state index is 10.4. The lowest BCUT2D eigenvalue weighted by atomic mass is 10.1. The Morgan fingerprint density at radius 1 is 1.69 bits per heavy atom. The number of rotatable bonds is 5. The van der Waals surface area contributed by atoms with Gasteiger partial charge in [-0.1, -0.05) is 6.92 Å². The molecule has 88 valence electrons. The van der Waals surface area contributed by atoms with Crippen LogP contribution in [0, 0.1) is 0 Å². The number of hydrogen-bond acceptors (Lipinski definition) is 4. The van der Waals surface area contributed by atoms with Gasteiger partial charge in [0.25, 0.3) is 0 Å². The molecule has 1 atom stereocenters. The molecule has 0 spiro atoms.